The first-order chi connectivity index (χ1) is 17.2. The fourth-order valence-corrected chi connectivity index (χ4v) is 5.19. The average molecular weight is 512 g/mol. The molecule has 2 aromatic carbocycles. The third-order valence-corrected chi connectivity index (χ3v) is 7.55. The van der Waals surface area contributed by atoms with Gasteiger partial charge in [-0.1, -0.05) is 6.07 Å². The minimum absolute atomic E-state index is 0.126. The fourth-order valence-electron chi connectivity index (χ4n) is 3.67. The van der Waals surface area contributed by atoms with Crippen LogP contribution < -0.4 is 10.6 Å². The number of nitrogens with zero attached hydrogens (tertiary/aromatic N) is 1. The highest BCUT2D eigenvalue weighted by Crippen LogP contribution is 2.22. The van der Waals surface area contributed by atoms with Crippen LogP contribution in [0.1, 0.15) is 39.3 Å². The summed E-state index contributed by atoms with van der Waals surface area (Å²) < 4.78 is 36.8. The zero-order valence-electron chi connectivity index (χ0n) is 19.5. The number of furan rings is 1. The summed E-state index contributed by atoms with van der Waals surface area (Å²) in [6.07, 6.45) is 3.07. The van der Waals surface area contributed by atoms with Gasteiger partial charge in [-0.05, 0) is 73.9 Å². The summed E-state index contributed by atoms with van der Waals surface area (Å²) in [6.45, 7) is 2.23. The number of aryl methyl sites for hydroxylation is 1. The van der Waals surface area contributed by atoms with Crippen LogP contribution >= 0.6 is 0 Å². The fraction of sp³-hybridized carbons (Fsp3) is 0.240. The van der Waals surface area contributed by atoms with Crippen molar-refractivity contribution in [3.63, 3.8) is 0 Å². The zero-order valence-corrected chi connectivity index (χ0v) is 20.3. The highest BCUT2D eigenvalue weighted by molar-refractivity contribution is 7.89. The van der Waals surface area contributed by atoms with Gasteiger partial charge in [0, 0.05) is 24.5 Å². The van der Waals surface area contributed by atoms with Crippen molar-refractivity contribution in [1.29, 1.82) is 0 Å². The first-order valence-electron chi connectivity index (χ1n) is 11.3. The molecule has 0 unspecified atom stereocenters. The number of sulfonamides is 1. The van der Waals surface area contributed by atoms with Crippen molar-refractivity contribution in [1.82, 2.24) is 4.31 Å². The number of esters is 1. The van der Waals surface area contributed by atoms with Gasteiger partial charge in [0.2, 0.25) is 10.0 Å². The predicted molar refractivity (Wildman–Crippen MR) is 131 cm³/mol. The van der Waals surface area contributed by atoms with E-state index in [0.29, 0.717) is 24.5 Å². The summed E-state index contributed by atoms with van der Waals surface area (Å²) in [4.78, 5) is 37.1. The van der Waals surface area contributed by atoms with Gasteiger partial charge in [0.05, 0.1) is 16.7 Å². The Kier molecular flexibility index (Phi) is 7.51. The van der Waals surface area contributed by atoms with Crippen LogP contribution in [-0.2, 0) is 19.6 Å². The molecule has 4 rings (SSSR count). The van der Waals surface area contributed by atoms with Gasteiger partial charge in [0.25, 0.3) is 11.8 Å². The SMILES string of the molecule is Cc1ccc(C(=O)OCC(=O)Nc2ccc(S(=O)(=O)N3CCCC3)cc2)cc1NC(=O)c1ccco1. The maximum absolute atomic E-state index is 12.6. The quantitative estimate of drug-likeness (QED) is 0.443. The lowest BCUT2D eigenvalue weighted by atomic mass is 10.1. The first-order valence-corrected chi connectivity index (χ1v) is 12.7. The van der Waals surface area contributed by atoms with E-state index in [1.165, 1.54) is 53.0 Å². The molecule has 1 aliphatic rings. The summed E-state index contributed by atoms with van der Waals surface area (Å²) in [6, 6.07) is 13.6. The van der Waals surface area contributed by atoms with E-state index in [-0.39, 0.29) is 16.2 Å². The van der Waals surface area contributed by atoms with Gasteiger partial charge in [0.15, 0.2) is 12.4 Å². The van der Waals surface area contributed by atoms with Crippen LogP contribution in [0.3, 0.4) is 0 Å². The zero-order chi connectivity index (χ0) is 25.7. The number of nitrogens with one attached hydrogen (secondary N) is 2. The standard InChI is InChI=1S/C25H25N3O7S/c1-17-6-7-18(15-21(17)27-24(30)22-5-4-14-34-22)25(31)35-16-23(29)26-19-8-10-20(11-9-19)36(32,33)28-12-2-3-13-28/h4-11,14-15H,2-3,12-13,16H2,1H3,(H,26,29)(H,27,30). The van der Waals surface area contributed by atoms with Crippen molar-refractivity contribution in [2.75, 3.05) is 30.3 Å². The Labute approximate surface area is 208 Å². The maximum atomic E-state index is 12.6. The molecular weight excluding hydrogens is 486 g/mol. The largest absolute Gasteiger partial charge is 0.459 e. The van der Waals surface area contributed by atoms with E-state index in [9.17, 15) is 22.8 Å². The van der Waals surface area contributed by atoms with E-state index in [0.717, 1.165) is 18.4 Å². The second kappa shape index (κ2) is 10.8. The lowest BCUT2D eigenvalue weighted by molar-refractivity contribution is -0.119. The summed E-state index contributed by atoms with van der Waals surface area (Å²) in [5.74, 6) is -1.67. The van der Waals surface area contributed by atoms with Crippen molar-refractivity contribution in [2.45, 2.75) is 24.7 Å². The summed E-state index contributed by atoms with van der Waals surface area (Å²) in [5.41, 5.74) is 1.65. The van der Waals surface area contributed by atoms with Crippen molar-refractivity contribution in [2.24, 2.45) is 0 Å². The second-order valence-electron chi connectivity index (χ2n) is 8.22. The summed E-state index contributed by atoms with van der Waals surface area (Å²) in [5, 5.41) is 5.24. The molecule has 3 aromatic rings. The lowest BCUT2D eigenvalue weighted by Gasteiger charge is -2.15. The van der Waals surface area contributed by atoms with Crippen LogP contribution in [0.15, 0.2) is 70.2 Å². The Morgan fingerprint density at radius 2 is 1.72 bits per heavy atom. The van der Waals surface area contributed by atoms with Crippen LogP contribution in [0.4, 0.5) is 11.4 Å². The molecule has 1 fully saturated rings. The molecule has 2 heterocycles. The normalized spacial score (nSPS) is 13.8. The summed E-state index contributed by atoms with van der Waals surface area (Å²) >= 11 is 0. The smallest absolute Gasteiger partial charge is 0.338 e. The van der Waals surface area contributed by atoms with E-state index in [2.05, 4.69) is 10.6 Å². The van der Waals surface area contributed by atoms with Gasteiger partial charge < -0.3 is 19.8 Å². The molecule has 0 bridgehead atoms. The number of hydrogen-bond donors (Lipinski definition) is 2. The summed E-state index contributed by atoms with van der Waals surface area (Å²) in [7, 11) is -3.54. The van der Waals surface area contributed by atoms with Crippen molar-refractivity contribution in [3.05, 3.63) is 77.7 Å². The van der Waals surface area contributed by atoms with Gasteiger partial charge in [-0.15, -0.1) is 0 Å². The van der Waals surface area contributed by atoms with Gasteiger partial charge in [-0.2, -0.15) is 4.31 Å². The van der Waals surface area contributed by atoms with E-state index in [1.54, 1.807) is 19.1 Å². The Hall–Kier alpha value is -3.96. The molecule has 0 aliphatic carbocycles. The predicted octanol–water partition coefficient (Wildman–Crippen LogP) is 3.42. The third-order valence-electron chi connectivity index (χ3n) is 5.64. The number of carbonyl (C=O) groups excluding carboxylic acids is 3. The third kappa shape index (κ3) is 5.81. The molecule has 0 radical (unpaired) electrons. The lowest BCUT2D eigenvalue weighted by Crippen LogP contribution is -2.27. The number of ether oxygens (including phenoxy) is 1. The van der Waals surface area contributed by atoms with Gasteiger partial charge in [-0.3, -0.25) is 9.59 Å². The molecule has 1 saturated heterocycles. The highest BCUT2D eigenvalue weighted by atomic mass is 32.2. The number of anilines is 2. The van der Waals surface area contributed by atoms with E-state index in [1.807, 2.05) is 0 Å². The maximum Gasteiger partial charge on any atom is 0.338 e. The molecule has 11 heteroatoms. The number of benzene rings is 2. The van der Waals surface area contributed by atoms with Crippen LogP contribution in [-0.4, -0.2) is 50.2 Å². The number of rotatable bonds is 8. The van der Waals surface area contributed by atoms with Crippen LogP contribution in [0, 0.1) is 6.92 Å². The van der Waals surface area contributed by atoms with Crippen LogP contribution in [0.5, 0.6) is 0 Å². The molecule has 10 nitrogen and oxygen atoms in total. The van der Waals surface area contributed by atoms with Crippen molar-refractivity contribution >= 4 is 39.2 Å². The minimum atomic E-state index is -3.54. The van der Waals surface area contributed by atoms with Crippen LogP contribution in [0.2, 0.25) is 0 Å². The first kappa shape index (κ1) is 25.1. The minimum Gasteiger partial charge on any atom is -0.459 e. The van der Waals surface area contributed by atoms with E-state index < -0.39 is 34.4 Å². The van der Waals surface area contributed by atoms with Crippen molar-refractivity contribution in [3.8, 4) is 0 Å². The molecule has 0 saturated carbocycles. The number of carbonyl (C=O) groups is 3. The molecule has 2 N–H and O–H groups in total. The molecule has 1 aliphatic heterocycles. The molecule has 2 amide bonds. The van der Waals surface area contributed by atoms with Gasteiger partial charge >= 0.3 is 5.97 Å². The molecule has 0 atom stereocenters. The number of hydrogen-bond acceptors (Lipinski definition) is 7. The Balaban J connectivity index is 1.32. The van der Waals surface area contributed by atoms with Gasteiger partial charge in [-0.25, -0.2) is 13.2 Å². The van der Waals surface area contributed by atoms with Gasteiger partial charge in [0.1, 0.15) is 0 Å². The molecule has 188 valence electrons. The Morgan fingerprint density at radius 3 is 2.39 bits per heavy atom. The van der Waals surface area contributed by atoms with E-state index >= 15 is 0 Å². The van der Waals surface area contributed by atoms with E-state index in [4.69, 9.17) is 9.15 Å². The molecule has 1 aromatic heterocycles. The average Bonchev–Trinajstić information content (AvgIpc) is 3.59. The monoisotopic (exact) mass is 511 g/mol. The second-order valence-corrected chi connectivity index (χ2v) is 10.2. The Bertz CT molecular complexity index is 1360. The van der Waals surface area contributed by atoms with Crippen LogP contribution in [0.25, 0.3) is 0 Å². The Morgan fingerprint density at radius 1 is 1.00 bits per heavy atom. The topological polar surface area (TPSA) is 135 Å². The highest BCUT2D eigenvalue weighted by Gasteiger charge is 2.27. The molecule has 0 spiro atoms. The van der Waals surface area contributed by atoms with Crippen molar-refractivity contribution < 1.29 is 32.0 Å². The molecule has 36 heavy (non-hydrogen) atoms. The molecular formula is C25H25N3O7S. The number of amides is 2.